The fourth-order valence-electron chi connectivity index (χ4n) is 2.64. The lowest BCUT2D eigenvalue weighted by molar-refractivity contribution is -0.149. The van der Waals surface area contributed by atoms with E-state index < -0.39 is 11.5 Å². The summed E-state index contributed by atoms with van der Waals surface area (Å²) in [5.41, 5.74) is -1.59. The Balaban J connectivity index is 2.80. The first kappa shape index (κ1) is 15.0. The van der Waals surface area contributed by atoms with E-state index in [-0.39, 0.29) is 29.3 Å². The first-order valence-corrected chi connectivity index (χ1v) is 6.05. The molecule has 0 spiro atoms. The molecular weight excluding hydrogens is 234 g/mol. The molecule has 104 valence electrons. The number of nitrogens with one attached hydrogen (secondary N) is 1. The molecule has 1 aliphatic carbocycles. The maximum atomic E-state index is 12.2. The van der Waals surface area contributed by atoms with Gasteiger partial charge in [0.05, 0.1) is 6.61 Å². The van der Waals surface area contributed by atoms with Crippen LogP contribution in [-0.4, -0.2) is 36.2 Å². The van der Waals surface area contributed by atoms with Gasteiger partial charge in [-0.2, -0.15) is 0 Å². The van der Waals surface area contributed by atoms with Crippen molar-refractivity contribution in [2.24, 2.45) is 16.7 Å². The third-order valence-electron chi connectivity index (χ3n) is 4.59. The molecule has 0 aliphatic heterocycles. The highest BCUT2D eigenvalue weighted by atomic mass is 16.5. The highest BCUT2D eigenvalue weighted by Gasteiger charge is 2.68. The first-order valence-electron chi connectivity index (χ1n) is 6.05. The van der Waals surface area contributed by atoms with Crippen LogP contribution in [0.4, 0.5) is 0 Å². The Hall–Kier alpha value is -1.10. The maximum absolute atomic E-state index is 12.2. The Morgan fingerprint density at radius 1 is 1.28 bits per heavy atom. The second-order valence-electron chi connectivity index (χ2n) is 6.44. The Morgan fingerprint density at radius 2 is 1.72 bits per heavy atom. The van der Waals surface area contributed by atoms with Crippen molar-refractivity contribution in [1.29, 1.82) is 0 Å². The van der Waals surface area contributed by atoms with E-state index in [1.165, 1.54) is 14.0 Å². The number of amides is 1. The number of carboxylic acid groups (broad SMARTS) is 1. The van der Waals surface area contributed by atoms with Crippen molar-refractivity contribution in [1.82, 2.24) is 5.32 Å². The van der Waals surface area contributed by atoms with Gasteiger partial charge in [0, 0.05) is 13.0 Å². The van der Waals surface area contributed by atoms with Crippen molar-refractivity contribution >= 4 is 11.9 Å². The second-order valence-corrected chi connectivity index (χ2v) is 6.44. The Morgan fingerprint density at radius 3 is 2.00 bits per heavy atom. The molecule has 0 saturated heterocycles. The topological polar surface area (TPSA) is 75.6 Å². The minimum absolute atomic E-state index is 0.0539. The van der Waals surface area contributed by atoms with E-state index in [9.17, 15) is 14.7 Å². The molecule has 18 heavy (non-hydrogen) atoms. The number of aliphatic carboxylic acids is 1. The van der Waals surface area contributed by atoms with E-state index in [0.29, 0.717) is 0 Å². The molecule has 5 heteroatoms. The van der Waals surface area contributed by atoms with Gasteiger partial charge in [-0.3, -0.25) is 4.79 Å². The van der Waals surface area contributed by atoms with E-state index >= 15 is 0 Å². The van der Waals surface area contributed by atoms with Gasteiger partial charge < -0.3 is 15.2 Å². The lowest BCUT2D eigenvalue weighted by atomic mass is 10.0. The van der Waals surface area contributed by atoms with Crippen LogP contribution in [-0.2, 0) is 14.3 Å². The number of ether oxygens (including phenoxy) is 1. The minimum Gasteiger partial charge on any atom is -0.479 e. The van der Waals surface area contributed by atoms with Gasteiger partial charge in [-0.15, -0.1) is 0 Å². The highest BCUT2D eigenvalue weighted by Crippen LogP contribution is 2.68. The van der Waals surface area contributed by atoms with Gasteiger partial charge in [0.25, 0.3) is 0 Å². The van der Waals surface area contributed by atoms with Gasteiger partial charge in [-0.25, -0.2) is 4.79 Å². The first-order chi connectivity index (χ1) is 8.00. The van der Waals surface area contributed by atoms with Gasteiger partial charge in [0.1, 0.15) is 0 Å². The van der Waals surface area contributed by atoms with Gasteiger partial charge in [0.15, 0.2) is 5.54 Å². The number of carboxylic acids is 1. The third-order valence-corrected chi connectivity index (χ3v) is 4.59. The summed E-state index contributed by atoms with van der Waals surface area (Å²) >= 11 is 0. The third kappa shape index (κ3) is 2.11. The summed E-state index contributed by atoms with van der Waals surface area (Å²) < 4.78 is 4.88. The number of rotatable bonds is 5. The fraction of sp³-hybridized carbons (Fsp3) is 0.846. The molecule has 5 nitrogen and oxygen atoms in total. The molecule has 0 bridgehead atoms. The van der Waals surface area contributed by atoms with Crippen molar-refractivity contribution in [3.05, 3.63) is 0 Å². The minimum atomic E-state index is -1.37. The van der Waals surface area contributed by atoms with Crippen LogP contribution in [0.25, 0.3) is 0 Å². The van der Waals surface area contributed by atoms with Crippen molar-refractivity contribution in [3.8, 4) is 0 Å². The van der Waals surface area contributed by atoms with Crippen molar-refractivity contribution < 1.29 is 19.4 Å². The van der Waals surface area contributed by atoms with E-state index in [0.717, 1.165) is 0 Å². The van der Waals surface area contributed by atoms with Crippen LogP contribution in [0.2, 0.25) is 0 Å². The molecule has 1 saturated carbocycles. The van der Waals surface area contributed by atoms with E-state index in [1.807, 2.05) is 27.7 Å². The molecule has 1 amide bonds. The number of hydrogen-bond acceptors (Lipinski definition) is 3. The van der Waals surface area contributed by atoms with E-state index in [2.05, 4.69) is 5.32 Å². The lowest BCUT2D eigenvalue weighted by Crippen LogP contribution is -2.56. The van der Waals surface area contributed by atoms with Crippen molar-refractivity contribution in [2.75, 3.05) is 13.7 Å². The number of hydrogen-bond donors (Lipinski definition) is 2. The van der Waals surface area contributed by atoms with E-state index in [1.54, 1.807) is 0 Å². The monoisotopic (exact) mass is 257 g/mol. The van der Waals surface area contributed by atoms with Crippen LogP contribution in [0.5, 0.6) is 0 Å². The highest BCUT2D eigenvalue weighted by molar-refractivity contribution is 5.90. The number of carbonyl (C=O) groups is 2. The van der Waals surface area contributed by atoms with Crippen LogP contribution >= 0.6 is 0 Å². The maximum Gasteiger partial charge on any atom is 0.331 e. The molecule has 1 atom stereocenters. The van der Waals surface area contributed by atoms with Gasteiger partial charge in [0.2, 0.25) is 5.91 Å². The summed E-state index contributed by atoms with van der Waals surface area (Å²) in [5, 5.41) is 11.8. The molecule has 0 radical (unpaired) electrons. The van der Waals surface area contributed by atoms with Gasteiger partial charge >= 0.3 is 5.97 Å². The van der Waals surface area contributed by atoms with Crippen molar-refractivity contribution in [3.63, 3.8) is 0 Å². The standard InChI is InChI=1S/C13H23NO4/c1-11(2)8(12(11,3)4)9(15)14-13(5,7-18-6)10(16)17/h8H,7H2,1-6H3,(H,14,15)(H,16,17)/t13-/m1/s1. The normalized spacial score (nSPS) is 24.1. The van der Waals surface area contributed by atoms with Crippen LogP contribution in [0.3, 0.4) is 0 Å². The summed E-state index contributed by atoms with van der Waals surface area (Å²) in [4.78, 5) is 23.4. The Labute approximate surface area is 108 Å². The van der Waals surface area contributed by atoms with Crippen LogP contribution in [0.1, 0.15) is 34.6 Å². The summed E-state index contributed by atoms with van der Waals surface area (Å²) in [6.07, 6.45) is 0. The quantitative estimate of drug-likeness (QED) is 0.778. The molecule has 1 aliphatic rings. The fourth-order valence-corrected chi connectivity index (χ4v) is 2.64. The van der Waals surface area contributed by atoms with Crippen LogP contribution < -0.4 is 5.32 Å². The Bertz CT molecular complexity index is 361. The molecule has 2 N–H and O–H groups in total. The largest absolute Gasteiger partial charge is 0.479 e. The predicted octanol–water partition coefficient (Wildman–Crippen LogP) is 1.27. The molecular formula is C13H23NO4. The lowest BCUT2D eigenvalue weighted by Gasteiger charge is -2.25. The predicted molar refractivity (Wildman–Crippen MR) is 67.1 cm³/mol. The summed E-state index contributed by atoms with van der Waals surface area (Å²) in [7, 11) is 1.42. The molecule has 0 aromatic carbocycles. The van der Waals surface area contributed by atoms with E-state index in [4.69, 9.17) is 4.74 Å². The Kier molecular flexibility index (Phi) is 3.51. The van der Waals surface area contributed by atoms with Crippen LogP contribution in [0, 0.1) is 16.7 Å². The zero-order valence-corrected chi connectivity index (χ0v) is 12.0. The smallest absolute Gasteiger partial charge is 0.331 e. The summed E-state index contributed by atoms with van der Waals surface area (Å²) in [6, 6.07) is 0. The molecule has 0 aromatic rings. The summed E-state index contributed by atoms with van der Waals surface area (Å²) in [6.45, 7) is 9.48. The molecule has 0 aromatic heterocycles. The van der Waals surface area contributed by atoms with Crippen molar-refractivity contribution in [2.45, 2.75) is 40.2 Å². The average molecular weight is 257 g/mol. The number of carbonyl (C=O) groups excluding carboxylic acids is 1. The zero-order chi connectivity index (χ0) is 14.4. The molecule has 1 rings (SSSR count). The number of methoxy groups -OCH3 is 1. The van der Waals surface area contributed by atoms with Gasteiger partial charge in [-0.05, 0) is 17.8 Å². The molecule has 1 fully saturated rings. The molecule has 0 unspecified atom stereocenters. The van der Waals surface area contributed by atoms with Gasteiger partial charge in [-0.1, -0.05) is 27.7 Å². The SMILES string of the molecule is COC[C@@](C)(NC(=O)C1C(C)(C)C1(C)C)C(=O)O. The zero-order valence-electron chi connectivity index (χ0n) is 12.0. The average Bonchev–Trinajstić information content (AvgIpc) is 2.56. The summed E-state index contributed by atoms with van der Waals surface area (Å²) in [5.74, 6) is -1.47. The second kappa shape index (κ2) is 4.23. The van der Waals surface area contributed by atoms with Crippen LogP contribution in [0.15, 0.2) is 0 Å². The molecule has 0 heterocycles.